The molecule has 0 aliphatic heterocycles. The van der Waals surface area contributed by atoms with Crippen molar-refractivity contribution in [2.45, 2.75) is 19.0 Å². The van der Waals surface area contributed by atoms with Gasteiger partial charge in [0.15, 0.2) is 10.3 Å². The molecule has 27 heavy (non-hydrogen) atoms. The SMILES string of the molecule is CCOC(=O)c1sc(NC(=O)CSc2nc3ccc(OC)cc3[nH]2)nc1C. The monoisotopic (exact) mass is 406 g/mol. The molecule has 1 aromatic carbocycles. The summed E-state index contributed by atoms with van der Waals surface area (Å²) in [6.07, 6.45) is 0. The van der Waals surface area contributed by atoms with Crippen LogP contribution in [0.15, 0.2) is 23.4 Å². The zero-order chi connectivity index (χ0) is 19.4. The van der Waals surface area contributed by atoms with E-state index < -0.39 is 5.97 Å². The van der Waals surface area contributed by atoms with E-state index in [1.165, 1.54) is 11.8 Å². The van der Waals surface area contributed by atoms with Crippen molar-refractivity contribution in [1.82, 2.24) is 15.0 Å². The Hall–Kier alpha value is -2.59. The second-order valence-corrected chi connectivity index (χ2v) is 7.38. The summed E-state index contributed by atoms with van der Waals surface area (Å²) in [4.78, 5) is 36.2. The number of imidazole rings is 1. The van der Waals surface area contributed by atoms with Gasteiger partial charge in [-0.3, -0.25) is 4.79 Å². The van der Waals surface area contributed by atoms with Crippen LogP contribution in [0, 0.1) is 6.92 Å². The number of H-pyrrole nitrogens is 1. The number of thiazole rings is 1. The molecule has 0 spiro atoms. The van der Waals surface area contributed by atoms with Crippen LogP contribution in [-0.2, 0) is 9.53 Å². The number of hydrogen-bond acceptors (Lipinski definition) is 8. The van der Waals surface area contributed by atoms with E-state index in [1.54, 1.807) is 21.0 Å². The number of aryl methyl sites for hydroxylation is 1. The number of carbonyl (C=O) groups excluding carboxylic acids is 2. The molecule has 1 amide bonds. The molecule has 142 valence electrons. The largest absolute Gasteiger partial charge is 0.497 e. The molecule has 0 aliphatic rings. The third-order valence-corrected chi connectivity index (χ3v) is 5.44. The first-order valence-corrected chi connectivity index (χ1v) is 9.91. The summed E-state index contributed by atoms with van der Waals surface area (Å²) in [5.74, 6) is 0.226. The van der Waals surface area contributed by atoms with E-state index >= 15 is 0 Å². The minimum Gasteiger partial charge on any atom is -0.497 e. The molecule has 2 heterocycles. The van der Waals surface area contributed by atoms with Crippen LogP contribution in [-0.4, -0.2) is 46.3 Å². The second kappa shape index (κ2) is 8.40. The minimum atomic E-state index is -0.430. The fourth-order valence-electron chi connectivity index (χ4n) is 2.29. The highest BCUT2D eigenvalue weighted by Gasteiger charge is 2.17. The maximum atomic E-state index is 12.2. The zero-order valence-electron chi connectivity index (χ0n) is 15.0. The Kier molecular flexibility index (Phi) is 5.97. The lowest BCUT2D eigenvalue weighted by atomic mass is 10.3. The zero-order valence-corrected chi connectivity index (χ0v) is 16.6. The van der Waals surface area contributed by atoms with Crippen LogP contribution < -0.4 is 10.1 Å². The average Bonchev–Trinajstić information content (AvgIpc) is 3.22. The molecule has 3 aromatic rings. The molecule has 0 fully saturated rings. The van der Waals surface area contributed by atoms with Gasteiger partial charge in [-0.05, 0) is 26.0 Å². The van der Waals surface area contributed by atoms with Gasteiger partial charge >= 0.3 is 5.97 Å². The summed E-state index contributed by atoms with van der Waals surface area (Å²) in [7, 11) is 1.60. The summed E-state index contributed by atoms with van der Waals surface area (Å²) < 4.78 is 10.2. The molecule has 0 unspecified atom stereocenters. The molecule has 10 heteroatoms. The van der Waals surface area contributed by atoms with Crippen molar-refractivity contribution in [2.75, 3.05) is 24.8 Å². The number of methoxy groups -OCH3 is 1. The fourth-order valence-corrected chi connectivity index (χ4v) is 3.85. The van der Waals surface area contributed by atoms with Crippen molar-refractivity contribution < 1.29 is 19.1 Å². The number of hydrogen-bond donors (Lipinski definition) is 2. The molecular weight excluding hydrogens is 388 g/mol. The summed E-state index contributed by atoms with van der Waals surface area (Å²) in [6, 6.07) is 5.53. The summed E-state index contributed by atoms with van der Waals surface area (Å²) in [6.45, 7) is 3.73. The smallest absolute Gasteiger partial charge is 0.350 e. The molecular formula is C17H18N4O4S2. The van der Waals surface area contributed by atoms with E-state index in [1.807, 2.05) is 18.2 Å². The highest BCUT2D eigenvalue weighted by Crippen LogP contribution is 2.25. The van der Waals surface area contributed by atoms with E-state index in [4.69, 9.17) is 9.47 Å². The molecule has 2 aromatic heterocycles. The van der Waals surface area contributed by atoms with Crippen molar-refractivity contribution in [2.24, 2.45) is 0 Å². The van der Waals surface area contributed by atoms with Gasteiger partial charge in [-0.25, -0.2) is 14.8 Å². The van der Waals surface area contributed by atoms with Crippen LogP contribution >= 0.6 is 23.1 Å². The fraction of sp³-hybridized carbons (Fsp3) is 0.294. The number of aromatic amines is 1. The van der Waals surface area contributed by atoms with Gasteiger partial charge in [-0.1, -0.05) is 23.1 Å². The second-order valence-electron chi connectivity index (χ2n) is 5.42. The molecule has 0 radical (unpaired) electrons. The Bertz CT molecular complexity index is 983. The van der Waals surface area contributed by atoms with Gasteiger partial charge in [0.05, 0.1) is 36.2 Å². The van der Waals surface area contributed by atoms with E-state index in [2.05, 4.69) is 20.3 Å². The third-order valence-electron chi connectivity index (χ3n) is 3.51. The van der Waals surface area contributed by atoms with Gasteiger partial charge in [-0.2, -0.15) is 0 Å². The van der Waals surface area contributed by atoms with E-state index in [9.17, 15) is 9.59 Å². The van der Waals surface area contributed by atoms with Crippen LogP contribution in [0.2, 0.25) is 0 Å². The van der Waals surface area contributed by atoms with E-state index in [-0.39, 0.29) is 18.3 Å². The number of anilines is 1. The number of aromatic nitrogens is 3. The first kappa shape index (κ1) is 19.2. The normalized spacial score (nSPS) is 10.8. The van der Waals surface area contributed by atoms with Crippen molar-refractivity contribution in [3.63, 3.8) is 0 Å². The summed E-state index contributed by atoms with van der Waals surface area (Å²) in [5, 5.41) is 3.71. The third kappa shape index (κ3) is 4.58. The maximum absolute atomic E-state index is 12.2. The number of carbonyl (C=O) groups is 2. The van der Waals surface area contributed by atoms with Gasteiger partial charge in [-0.15, -0.1) is 0 Å². The molecule has 8 nitrogen and oxygen atoms in total. The van der Waals surface area contributed by atoms with Gasteiger partial charge in [0.25, 0.3) is 0 Å². The number of benzene rings is 1. The van der Waals surface area contributed by atoms with Gasteiger partial charge in [0, 0.05) is 6.07 Å². The van der Waals surface area contributed by atoms with Crippen molar-refractivity contribution in [1.29, 1.82) is 0 Å². The number of fused-ring (bicyclic) bond motifs is 1. The Balaban J connectivity index is 1.60. The number of ether oxygens (including phenoxy) is 2. The number of nitrogens with zero attached hydrogens (tertiary/aromatic N) is 2. The van der Waals surface area contributed by atoms with Crippen LogP contribution in [0.4, 0.5) is 5.13 Å². The van der Waals surface area contributed by atoms with Crippen molar-refractivity contribution in [3.05, 3.63) is 28.8 Å². The lowest BCUT2D eigenvalue weighted by molar-refractivity contribution is -0.113. The molecule has 0 saturated carbocycles. The van der Waals surface area contributed by atoms with Gasteiger partial charge in [0.2, 0.25) is 5.91 Å². The van der Waals surface area contributed by atoms with Crippen LogP contribution in [0.3, 0.4) is 0 Å². The minimum absolute atomic E-state index is 0.157. The topological polar surface area (TPSA) is 106 Å². The summed E-state index contributed by atoms with van der Waals surface area (Å²) in [5.41, 5.74) is 2.17. The first-order chi connectivity index (χ1) is 13.0. The predicted octanol–water partition coefficient (Wildman–Crippen LogP) is 3.24. The Morgan fingerprint density at radius 3 is 2.89 bits per heavy atom. The van der Waals surface area contributed by atoms with Crippen molar-refractivity contribution >= 4 is 51.1 Å². The molecule has 2 N–H and O–H groups in total. The molecule has 0 bridgehead atoms. The highest BCUT2D eigenvalue weighted by atomic mass is 32.2. The lowest BCUT2D eigenvalue weighted by Gasteiger charge is -1.99. The Labute approximate surface area is 163 Å². The Morgan fingerprint density at radius 2 is 2.15 bits per heavy atom. The molecule has 3 rings (SSSR count). The Morgan fingerprint density at radius 1 is 1.33 bits per heavy atom. The molecule has 0 aliphatic carbocycles. The lowest BCUT2D eigenvalue weighted by Crippen LogP contribution is -2.13. The number of rotatable bonds is 7. The maximum Gasteiger partial charge on any atom is 0.350 e. The predicted molar refractivity (Wildman–Crippen MR) is 105 cm³/mol. The van der Waals surface area contributed by atoms with Gasteiger partial charge in [0.1, 0.15) is 10.6 Å². The van der Waals surface area contributed by atoms with Crippen LogP contribution in [0.1, 0.15) is 22.3 Å². The number of nitrogens with one attached hydrogen (secondary N) is 2. The van der Waals surface area contributed by atoms with Crippen LogP contribution in [0.5, 0.6) is 5.75 Å². The number of thioether (sulfide) groups is 1. The van der Waals surface area contributed by atoms with Crippen LogP contribution in [0.25, 0.3) is 11.0 Å². The number of amides is 1. The number of esters is 1. The first-order valence-electron chi connectivity index (χ1n) is 8.11. The standard InChI is InChI=1S/C17H18N4O4S2/c1-4-25-15(23)14-9(2)18-17(27-14)21-13(22)8-26-16-19-11-6-5-10(24-3)7-12(11)20-16/h5-7H,4,8H2,1-3H3,(H,19,20)(H,18,21,22). The van der Waals surface area contributed by atoms with E-state index in [0.717, 1.165) is 28.1 Å². The quantitative estimate of drug-likeness (QED) is 0.458. The van der Waals surface area contributed by atoms with Crippen molar-refractivity contribution in [3.8, 4) is 5.75 Å². The highest BCUT2D eigenvalue weighted by molar-refractivity contribution is 7.99. The van der Waals surface area contributed by atoms with Gasteiger partial charge < -0.3 is 19.8 Å². The molecule has 0 saturated heterocycles. The van der Waals surface area contributed by atoms with E-state index in [0.29, 0.717) is 20.9 Å². The average molecular weight is 406 g/mol. The summed E-state index contributed by atoms with van der Waals surface area (Å²) >= 11 is 2.38. The molecule has 0 atom stereocenters.